The summed E-state index contributed by atoms with van der Waals surface area (Å²) in [4.78, 5) is 21.6. The van der Waals surface area contributed by atoms with Gasteiger partial charge in [0.25, 0.3) is 5.69 Å². The summed E-state index contributed by atoms with van der Waals surface area (Å²) in [6.45, 7) is 1.95. The van der Waals surface area contributed by atoms with Crippen molar-refractivity contribution >= 4 is 11.5 Å². The molecule has 0 spiro atoms. The minimum Gasteiger partial charge on any atom is -0.321 e. The topological polar surface area (TPSA) is 86.2 Å². The molecule has 5 heteroatoms. The molecule has 0 aliphatic carbocycles. The molecule has 1 unspecified atom stereocenters. The minimum absolute atomic E-state index is 0.0272. The zero-order valence-corrected chi connectivity index (χ0v) is 9.05. The number of nitrogens with zero attached hydrogens (tertiary/aromatic N) is 1. The van der Waals surface area contributed by atoms with Gasteiger partial charge in [-0.1, -0.05) is 13.3 Å². The van der Waals surface area contributed by atoms with Crippen LogP contribution < -0.4 is 5.73 Å². The largest absolute Gasteiger partial charge is 0.321 e. The molecular formula is C11H14N2O3. The second kappa shape index (κ2) is 5.37. The maximum Gasteiger partial charge on any atom is 0.269 e. The molecule has 2 N–H and O–H groups in total. The number of nitro benzene ring substituents is 1. The van der Waals surface area contributed by atoms with E-state index in [-0.39, 0.29) is 11.5 Å². The number of hydrogen-bond donors (Lipinski definition) is 1. The van der Waals surface area contributed by atoms with E-state index in [1.807, 2.05) is 6.92 Å². The fourth-order valence-corrected chi connectivity index (χ4v) is 1.40. The van der Waals surface area contributed by atoms with E-state index in [0.717, 1.165) is 6.42 Å². The van der Waals surface area contributed by atoms with Crippen LogP contribution in [-0.4, -0.2) is 16.7 Å². The predicted molar refractivity (Wildman–Crippen MR) is 60.3 cm³/mol. The first kappa shape index (κ1) is 12.3. The maximum atomic E-state index is 11.7. The molecule has 16 heavy (non-hydrogen) atoms. The second-order valence-corrected chi connectivity index (χ2v) is 3.56. The van der Waals surface area contributed by atoms with Gasteiger partial charge in [-0.05, 0) is 18.6 Å². The van der Waals surface area contributed by atoms with E-state index in [2.05, 4.69) is 0 Å². The molecule has 0 saturated carbocycles. The van der Waals surface area contributed by atoms with Crippen LogP contribution in [0.1, 0.15) is 30.1 Å². The van der Waals surface area contributed by atoms with Crippen molar-refractivity contribution in [1.29, 1.82) is 0 Å². The molecule has 0 bridgehead atoms. The second-order valence-electron chi connectivity index (χ2n) is 3.56. The Hall–Kier alpha value is -1.75. The molecule has 1 aromatic rings. The first-order chi connectivity index (χ1) is 7.56. The fourth-order valence-electron chi connectivity index (χ4n) is 1.40. The summed E-state index contributed by atoms with van der Waals surface area (Å²) in [5.74, 6) is -0.170. The van der Waals surface area contributed by atoms with Gasteiger partial charge in [0, 0.05) is 17.7 Å². The van der Waals surface area contributed by atoms with Crippen molar-refractivity contribution in [1.82, 2.24) is 0 Å². The summed E-state index contributed by atoms with van der Waals surface area (Å²) in [6, 6.07) is 4.98. The number of non-ortho nitro benzene ring substituents is 1. The number of Topliss-reactive ketones (excluding diaryl/α,β-unsaturated/α-hetero) is 1. The lowest BCUT2D eigenvalue weighted by Gasteiger charge is -2.08. The quantitative estimate of drug-likeness (QED) is 0.468. The number of carbonyl (C=O) groups is 1. The van der Waals surface area contributed by atoms with Crippen LogP contribution in [0.25, 0.3) is 0 Å². The van der Waals surface area contributed by atoms with E-state index in [0.29, 0.717) is 12.0 Å². The predicted octanol–water partition coefficient (Wildman–Crippen LogP) is 1.90. The van der Waals surface area contributed by atoms with Crippen LogP contribution in [0.5, 0.6) is 0 Å². The highest BCUT2D eigenvalue weighted by Gasteiger charge is 2.15. The van der Waals surface area contributed by atoms with Gasteiger partial charge in [0.1, 0.15) is 0 Å². The summed E-state index contributed by atoms with van der Waals surface area (Å²) in [7, 11) is 0. The highest BCUT2D eigenvalue weighted by atomic mass is 16.6. The van der Waals surface area contributed by atoms with Gasteiger partial charge in [0.2, 0.25) is 0 Å². The summed E-state index contributed by atoms with van der Waals surface area (Å²) >= 11 is 0. The van der Waals surface area contributed by atoms with Gasteiger partial charge in [-0.15, -0.1) is 0 Å². The lowest BCUT2D eigenvalue weighted by molar-refractivity contribution is -0.384. The molecule has 0 fully saturated rings. The molecule has 0 aliphatic rings. The summed E-state index contributed by atoms with van der Waals surface area (Å²) in [6.07, 6.45) is 1.45. The van der Waals surface area contributed by atoms with Gasteiger partial charge < -0.3 is 5.73 Å². The van der Waals surface area contributed by atoms with E-state index in [9.17, 15) is 14.9 Å². The van der Waals surface area contributed by atoms with Gasteiger partial charge in [0.05, 0.1) is 11.0 Å². The Labute approximate surface area is 93.4 Å². The van der Waals surface area contributed by atoms with Crippen molar-refractivity contribution in [2.24, 2.45) is 5.73 Å². The molecule has 5 nitrogen and oxygen atoms in total. The molecule has 1 aromatic carbocycles. The fraction of sp³-hybridized carbons (Fsp3) is 0.364. The maximum absolute atomic E-state index is 11.7. The van der Waals surface area contributed by atoms with Crippen molar-refractivity contribution < 1.29 is 9.72 Å². The van der Waals surface area contributed by atoms with E-state index in [1.54, 1.807) is 0 Å². The Bertz CT molecular complexity index is 387. The van der Waals surface area contributed by atoms with Gasteiger partial charge >= 0.3 is 0 Å². The van der Waals surface area contributed by atoms with Crippen molar-refractivity contribution in [3.05, 3.63) is 39.9 Å². The molecule has 86 valence electrons. The lowest BCUT2D eigenvalue weighted by Crippen LogP contribution is -2.30. The normalized spacial score (nSPS) is 12.1. The Morgan fingerprint density at radius 1 is 1.44 bits per heavy atom. The number of nitro groups is 1. The number of rotatable bonds is 5. The first-order valence-corrected chi connectivity index (χ1v) is 5.10. The van der Waals surface area contributed by atoms with Crippen molar-refractivity contribution in [3.63, 3.8) is 0 Å². The van der Waals surface area contributed by atoms with Crippen LogP contribution in [0.2, 0.25) is 0 Å². The molecular weight excluding hydrogens is 208 g/mol. The number of nitrogens with two attached hydrogens (primary N) is 1. The third-order valence-corrected chi connectivity index (χ3v) is 2.30. The highest BCUT2D eigenvalue weighted by Crippen LogP contribution is 2.13. The third kappa shape index (κ3) is 2.87. The summed E-state index contributed by atoms with van der Waals surface area (Å²) < 4.78 is 0. The monoisotopic (exact) mass is 222 g/mol. The zero-order chi connectivity index (χ0) is 12.1. The van der Waals surface area contributed by atoms with E-state index in [1.165, 1.54) is 24.3 Å². The van der Waals surface area contributed by atoms with Gasteiger partial charge in [0.15, 0.2) is 5.78 Å². The zero-order valence-electron chi connectivity index (χ0n) is 9.05. The van der Waals surface area contributed by atoms with Crippen molar-refractivity contribution in [2.45, 2.75) is 25.8 Å². The standard InChI is InChI=1S/C11H14N2O3/c1-2-3-10(12)11(14)8-4-6-9(7-5-8)13(15)16/h4-7,10H,2-3,12H2,1H3. The van der Waals surface area contributed by atoms with Crippen molar-refractivity contribution in [3.8, 4) is 0 Å². The molecule has 1 atom stereocenters. The Balaban J connectivity index is 2.81. The molecule has 0 aromatic heterocycles. The Morgan fingerprint density at radius 2 is 2.00 bits per heavy atom. The van der Waals surface area contributed by atoms with Crippen LogP contribution in [0.3, 0.4) is 0 Å². The van der Waals surface area contributed by atoms with Crippen LogP contribution in [0, 0.1) is 10.1 Å². The van der Waals surface area contributed by atoms with Crippen LogP contribution in [0.4, 0.5) is 5.69 Å². The Kier molecular flexibility index (Phi) is 4.13. The average Bonchev–Trinajstić information content (AvgIpc) is 2.28. The van der Waals surface area contributed by atoms with Crippen molar-refractivity contribution in [2.75, 3.05) is 0 Å². The summed E-state index contributed by atoms with van der Waals surface area (Å²) in [5.41, 5.74) is 6.07. The third-order valence-electron chi connectivity index (χ3n) is 2.30. The molecule has 0 saturated heterocycles. The highest BCUT2D eigenvalue weighted by molar-refractivity contribution is 6.00. The van der Waals surface area contributed by atoms with Gasteiger partial charge in [-0.3, -0.25) is 14.9 Å². The molecule has 0 amide bonds. The first-order valence-electron chi connectivity index (χ1n) is 5.10. The molecule has 0 radical (unpaired) electrons. The van der Waals surface area contributed by atoms with Crippen LogP contribution >= 0.6 is 0 Å². The molecule has 0 heterocycles. The van der Waals surface area contributed by atoms with E-state index >= 15 is 0 Å². The van der Waals surface area contributed by atoms with Crippen LogP contribution in [0.15, 0.2) is 24.3 Å². The minimum atomic E-state index is -0.522. The Morgan fingerprint density at radius 3 is 2.44 bits per heavy atom. The smallest absolute Gasteiger partial charge is 0.269 e. The SMILES string of the molecule is CCCC(N)C(=O)c1ccc([N+](=O)[O-])cc1. The average molecular weight is 222 g/mol. The van der Waals surface area contributed by atoms with Gasteiger partial charge in [-0.25, -0.2) is 0 Å². The number of benzene rings is 1. The van der Waals surface area contributed by atoms with E-state index < -0.39 is 11.0 Å². The molecule has 0 aliphatic heterocycles. The van der Waals surface area contributed by atoms with E-state index in [4.69, 9.17) is 5.73 Å². The summed E-state index contributed by atoms with van der Waals surface area (Å²) in [5, 5.41) is 10.4. The van der Waals surface area contributed by atoms with Crippen LogP contribution in [-0.2, 0) is 0 Å². The number of carbonyl (C=O) groups excluding carboxylic acids is 1. The van der Waals surface area contributed by atoms with Gasteiger partial charge in [-0.2, -0.15) is 0 Å². The lowest BCUT2D eigenvalue weighted by atomic mass is 10.0. The molecule has 1 rings (SSSR count). The number of ketones is 1. The number of hydrogen-bond acceptors (Lipinski definition) is 4.